The topological polar surface area (TPSA) is 85.1 Å². The summed E-state index contributed by atoms with van der Waals surface area (Å²) in [6, 6.07) is 0. The maximum atomic E-state index is 11.8. The third-order valence-electron chi connectivity index (χ3n) is 3.20. The molecule has 100 valence electrons. The summed E-state index contributed by atoms with van der Waals surface area (Å²) in [5, 5.41) is 15.9. The first-order chi connectivity index (χ1) is 8.65. The summed E-state index contributed by atoms with van der Waals surface area (Å²) in [6.07, 6.45) is 6.27. The zero-order valence-corrected chi connectivity index (χ0v) is 10.9. The van der Waals surface area contributed by atoms with Gasteiger partial charge in [-0.25, -0.2) is 4.79 Å². The number of aromatic nitrogens is 3. The van der Waals surface area contributed by atoms with Gasteiger partial charge in [-0.1, -0.05) is 18.1 Å². The van der Waals surface area contributed by atoms with Crippen molar-refractivity contribution in [1.82, 2.24) is 15.0 Å². The van der Waals surface area contributed by atoms with Gasteiger partial charge in [0.25, 0.3) is 0 Å². The first-order valence-electron chi connectivity index (χ1n) is 6.13. The van der Waals surface area contributed by atoms with E-state index in [4.69, 9.17) is 5.11 Å². The predicted molar refractivity (Wildman–Crippen MR) is 66.8 cm³/mol. The van der Waals surface area contributed by atoms with E-state index in [9.17, 15) is 9.00 Å². The molecule has 0 bridgehead atoms. The van der Waals surface area contributed by atoms with Crippen LogP contribution >= 0.6 is 0 Å². The monoisotopic (exact) mass is 271 g/mol. The Hall–Kier alpha value is -1.24. The van der Waals surface area contributed by atoms with Gasteiger partial charge in [0.15, 0.2) is 5.69 Å². The first-order valence-corrected chi connectivity index (χ1v) is 7.62. The van der Waals surface area contributed by atoms with Gasteiger partial charge in [-0.15, -0.1) is 5.10 Å². The maximum absolute atomic E-state index is 11.8. The van der Waals surface area contributed by atoms with Crippen molar-refractivity contribution in [2.75, 3.05) is 11.5 Å². The van der Waals surface area contributed by atoms with Crippen molar-refractivity contribution in [3.8, 4) is 0 Å². The van der Waals surface area contributed by atoms with Crippen molar-refractivity contribution < 1.29 is 14.1 Å². The van der Waals surface area contributed by atoms with Gasteiger partial charge >= 0.3 is 5.97 Å². The average Bonchev–Trinajstić information content (AvgIpc) is 2.96. The minimum absolute atomic E-state index is 0.0726. The fourth-order valence-corrected chi connectivity index (χ4v) is 3.64. The van der Waals surface area contributed by atoms with Crippen molar-refractivity contribution in [3.63, 3.8) is 0 Å². The molecule has 0 aromatic carbocycles. The smallest absolute Gasteiger partial charge is 0.358 e. The Bertz CT molecular complexity index is 440. The van der Waals surface area contributed by atoms with Crippen LogP contribution in [-0.4, -0.2) is 41.8 Å². The molecule has 6 nitrogen and oxygen atoms in total. The summed E-state index contributed by atoms with van der Waals surface area (Å²) in [6.45, 7) is 0.458. The molecular weight excluding hydrogens is 254 g/mol. The van der Waals surface area contributed by atoms with Gasteiger partial charge in [0.1, 0.15) is 0 Å². The van der Waals surface area contributed by atoms with Crippen LogP contribution in [0.25, 0.3) is 0 Å². The molecule has 18 heavy (non-hydrogen) atoms. The minimum atomic E-state index is -1.09. The molecule has 0 aliphatic heterocycles. The predicted octanol–water partition coefficient (Wildman–Crippen LogP) is 0.915. The third kappa shape index (κ3) is 3.63. The van der Waals surface area contributed by atoms with Gasteiger partial charge in [-0.3, -0.25) is 8.89 Å². The van der Waals surface area contributed by atoms with E-state index >= 15 is 0 Å². The van der Waals surface area contributed by atoms with Gasteiger partial charge in [0.2, 0.25) is 0 Å². The summed E-state index contributed by atoms with van der Waals surface area (Å²) < 4.78 is 13.3. The number of hydrogen-bond acceptors (Lipinski definition) is 4. The lowest BCUT2D eigenvalue weighted by atomic mass is 10.1. The number of aromatic carboxylic acids is 1. The van der Waals surface area contributed by atoms with E-state index in [1.54, 1.807) is 0 Å². The van der Waals surface area contributed by atoms with Gasteiger partial charge < -0.3 is 5.11 Å². The van der Waals surface area contributed by atoms with Crippen LogP contribution in [0, 0.1) is 5.92 Å². The van der Waals surface area contributed by atoms with Crippen molar-refractivity contribution in [2.24, 2.45) is 5.92 Å². The number of carboxylic acids is 1. The number of hydrogen-bond donors (Lipinski definition) is 1. The summed E-state index contributed by atoms with van der Waals surface area (Å²) in [5.41, 5.74) is -0.0726. The number of nitrogens with zero attached hydrogens (tertiary/aromatic N) is 3. The summed E-state index contributed by atoms with van der Waals surface area (Å²) in [4.78, 5) is 10.6. The maximum Gasteiger partial charge on any atom is 0.358 e. The Kier molecular flexibility index (Phi) is 4.46. The normalized spacial score (nSPS) is 18.0. The van der Waals surface area contributed by atoms with Crippen molar-refractivity contribution in [1.29, 1.82) is 0 Å². The van der Waals surface area contributed by atoms with Gasteiger partial charge in [0, 0.05) is 22.3 Å². The fraction of sp³-hybridized carbons (Fsp3) is 0.727. The standard InChI is InChI=1S/C11H17N3O3S/c15-11(16)10-7-14(13-12-10)5-6-18(17)8-9-3-1-2-4-9/h7,9H,1-6,8H2,(H,15,16). The van der Waals surface area contributed by atoms with Crippen molar-refractivity contribution >= 4 is 16.8 Å². The largest absolute Gasteiger partial charge is 0.476 e. The zero-order valence-electron chi connectivity index (χ0n) is 10.1. The minimum Gasteiger partial charge on any atom is -0.476 e. The molecule has 1 aromatic rings. The van der Waals surface area contributed by atoms with Crippen LogP contribution < -0.4 is 0 Å². The molecule has 1 fully saturated rings. The number of rotatable bonds is 6. The molecule has 1 atom stereocenters. The molecule has 1 aliphatic rings. The number of carbonyl (C=O) groups is 1. The van der Waals surface area contributed by atoms with E-state index in [1.165, 1.54) is 36.6 Å². The molecule has 1 unspecified atom stereocenters. The SMILES string of the molecule is O=C(O)c1cn(CCS(=O)CC2CCCC2)nn1. The van der Waals surface area contributed by atoms with E-state index in [0.29, 0.717) is 18.2 Å². The zero-order chi connectivity index (χ0) is 13.0. The second-order valence-corrected chi connectivity index (χ2v) is 6.25. The molecule has 7 heteroatoms. The van der Waals surface area contributed by atoms with Crippen molar-refractivity contribution in [3.05, 3.63) is 11.9 Å². The highest BCUT2D eigenvalue weighted by Crippen LogP contribution is 2.25. The van der Waals surface area contributed by atoms with E-state index in [1.807, 2.05) is 0 Å². The Morgan fingerprint density at radius 2 is 2.22 bits per heavy atom. The lowest BCUT2D eigenvalue weighted by Gasteiger charge is -2.08. The molecule has 0 spiro atoms. The summed E-state index contributed by atoms with van der Waals surface area (Å²) in [5.74, 6) is 0.795. The summed E-state index contributed by atoms with van der Waals surface area (Å²) >= 11 is 0. The Labute approximate surface area is 108 Å². The summed E-state index contributed by atoms with van der Waals surface area (Å²) in [7, 11) is -0.848. The van der Waals surface area contributed by atoms with Crippen LogP contribution in [0.2, 0.25) is 0 Å². The Balaban J connectivity index is 1.76. The highest BCUT2D eigenvalue weighted by atomic mass is 32.2. The quantitative estimate of drug-likeness (QED) is 0.831. The Morgan fingerprint density at radius 1 is 1.50 bits per heavy atom. The van der Waals surface area contributed by atoms with Crippen LogP contribution in [0.1, 0.15) is 36.2 Å². The number of aryl methyl sites for hydroxylation is 1. The highest BCUT2D eigenvalue weighted by molar-refractivity contribution is 7.84. The van der Waals surface area contributed by atoms with Crippen LogP contribution in [-0.2, 0) is 17.3 Å². The van der Waals surface area contributed by atoms with E-state index < -0.39 is 16.8 Å². The van der Waals surface area contributed by atoms with E-state index in [-0.39, 0.29) is 5.69 Å². The molecular formula is C11H17N3O3S. The molecule has 1 aromatic heterocycles. The van der Waals surface area contributed by atoms with E-state index in [2.05, 4.69) is 10.3 Å². The third-order valence-corrected chi connectivity index (χ3v) is 4.68. The molecule has 1 aliphatic carbocycles. The fourth-order valence-electron chi connectivity index (χ4n) is 2.22. The van der Waals surface area contributed by atoms with Crippen molar-refractivity contribution in [2.45, 2.75) is 32.2 Å². The number of carboxylic acid groups (broad SMARTS) is 1. The lowest BCUT2D eigenvalue weighted by Crippen LogP contribution is -2.15. The second-order valence-electron chi connectivity index (χ2n) is 4.63. The molecule has 0 amide bonds. The molecule has 1 N–H and O–H groups in total. The lowest BCUT2D eigenvalue weighted by molar-refractivity contribution is 0.0690. The van der Waals surface area contributed by atoms with Gasteiger partial charge in [-0.2, -0.15) is 0 Å². The molecule has 2 rings (SSSR count). The second kappa shape index (κ2) is 6.08. The first kappa shape index (κ1) is 13.2. The molecule has 1 saturated carbocycles. The molecule has 0 saturated heterocycles. The molecule has 1 heterocycles. The van der Waals surface area contributed by atoms with Gasteiger partial charge in [0.05, 0.1) is 12.7 Å². The van der Waals surface area contributed by atoms with Crippen LogP contribution in [0.3, 0.4) is 0 Å². The Morgan fingerprint density at radius 3 is 2.83 bits per heavy atom. The molecule has 0 radical (unpaired) electrons. The highest BCUT2D eigenvalue weighted by Gasteiger charge is 2.17. The van der Waals surface area contributed by atoms with E-state index in [0.717, 1.165) is 5.75 Å². The average molecular weight is 271 g/mol. The van der Waals surface area contributed by atoms with Gasteiger partial charge in [-0.05, 0) is 18.8 Å². The van der Waals surface area contributed by atoms with Crippen LogP contribution in [0.15, 0.2) is 6.20 Å². The van der Waals surface area contributed by atoms with Crippen LogP contribution in [0.5, 0.6) is 0 Å². The van der Waals surface area contributed by atoms with Crippen LogP contribution in [0.4, 0.5) is 0 Å².